The molecule has 15 heavy (non-hydrogen) atoms. The van der Waals surface area contributed by atoms with Crippen molar-refractivity contribution in [3.63, 3.8) is 0 Å². The molecule has 1 aromatic rings. The highest BCUT2D eigenvalue weighted by atomic mass is 16.4. The minimum atomic E-state index is -0.999. The van der Waals surface area contributed by atoms with Gasteiger partial charge in [0.05, 0.1) is 5.69 Å². The molecule has 1 heterocycles. The van der Waals surface area contributed by atoms with Gasteiger partial charge < -0.3 is 5.11 Å². The monoisotopic (exact) mass is 211 g/mol. The quantitative estimate of drug-likeness (QED) is 0.807. The molecule has 0 bridgehead atoms. The van der Waals surface area contributed by atoms with Crippen molar-refractivity contribution >= 4 is 5.97 Å². The third-order valence-electron chi connectivity index (χ3n) is 2.25. The summed E-state index contributed by atoms with van der Waals surface area (Å²) < 4.78 is 1.71. The van der Waals surface area contributed by atoms with Gasteiger partial charge in [-0.05, 0) is 12.3 Å². The number of rotatable bonds is 5. The minimum absolute atomic E-state index is 0.0844. The fraction of sp³-hybridized carbons (Fsp3) is 0.700. The van der Waals surface area contributed by atoms with Gasteiger partial charge in [0.15, 0.2) is 5.69 Å². The second kappa shape index (κ2) is 4.91. The number of nitrogens with zero attached hydrogens (tertiary/aromatic N) is 3. The highest BCUT2D eigenvalue weighted by Crippen LogP contribution is 2.17. The van der Waals surface area contributed by atoms with Crippen LogP contribution in [0.3, 0.4) is 0 Å². The molecule has 5 nitrogen and oxygen atoms in total. The van der Waals surface area contributed by atoms with Crippen LogP contribution in [0.2, 0.25) is 0 Å². The fourth-order valence-electron chi connectivity index (χ4n) is 1.52. The van der Waals surface area contributed by atoms with Crippen LogP contribution in [0.5, 0.6) is 0 Å². The molecule has 1 rings (SSSR count). The fourth-order valence-corrected chi connectivity index (χ4v) is 1.52. The third kappa shape index (κ3) is 2.55. The number of unbranched alkanes of at least 4 members (excludes halogenated alkanes) is 1. The van der Waals surface area contributed by atoms with E-state index in [1.807, 2.05) is 13.8 Å². The Hall–Kier alpha value is -1.39. The van der Waals surface area contributed by atoms with Crippen LogP contribution in [0.15, 0.2) is 0 Å². The number of hydrogen-bond donors (Lipinski definition) is 1. The van der Waals surface area contributed by atoms with Crippen molar-refractivity contribution in [2.75, 3.05) is 0 Å². The molecule has 0 atom stereocenters. The summed E-state index contributed by atoms with van der Waals surface area (Å²) in [6.45, 7) is 6.73. The first-order valence-electron chi connectivity index (χ1n) is 5.24. The molecule has 0 unspecified atom stereocenters. The van der Waals surface area contributed by atoms with Gasteiger partial charge in [0.25, 0.3) is 0 Å². The number of carboxylic acid groups (broad SMARTS) is 1. The first-order valence-corrected chi connectivity index (χ1v) is 5.24. The van der Waals surface area contributed by atoms with Crippen molar-refractivity contribution in [3.05, 3.63) is 11.4 Å². The van der Waals surface area contributed by atoms with Gasteiger partial charge >= 0.3 is 5.97 Å². The van der Waals surface area contributed by atoms with Gasteiger partial charge in [0.2, 0.25) is 0 Å². The van der Waals surface area contributed by atoms with Crippen LogP contribution in [0.4, 0.5) is 0 Å². The van der Waals surface area contributed by atoms with Crippen LogP contribution >= 0.6 is 0 Å². The number of aromatic nitrogens is 3. The lowest BCUT2D eigenvalue weighted by molar-refractivity contribution is 0.0688. The number of aromatic carboxylic acids is 1. The predicted molar refractivity (Wildman–Crippen MR) is 56.0 cm³/mol. The topological polar surface area (TPSA) is 68.0 Å². The number of carbonyl (C=O) groups is 1. The Labute approximate surface area is 89.1 Å². The summed E-state index contributed by atoms with van der Waals surface area (Å²) in [6, 6.07) is 0. The predicted octanol–water partition coefficient (Wildman–Crippen LogP) is 1.90. The smallest absolute Gasteiger partial charge is 0.358 e. The van der Waals surface area contributed by atoms with Gasteiger partial charge in [-0.25, -0.2) is 9.48 Å². The molecule has 0 fully saturated rings. The van der Waals surface area contributed by atoms with Crippen LogP contribution in [0.1, 0.15) is 55.7 Å². The second-order valence-corrected chi connectivity index (χ2v) is 3.86. The number of aryl methyl sites for hydroxylation is 1. The van der Waals surface area contributed by atoms with E-state index < -0.39 is 5.97 Å². The summed E-state index contributed by atoms with van der Waals surface area (Å²) in [5, 5.41) is 16.5. The van der Waals surface area contributed by atoms with E-state index in [0.717, 1.165) is 25.1 Å². The Morgan fingerprint density at radius 2 is 2.20 bits per heavy atom. The Balaban J connectivity index is 3.01. The van der Waals surface area contributed by atoms with E-state index in [1.165, 1.54) is 0 Å². The molecule has 0 aliphatic heterocycles. The van der Waals surface area contributed by atoms with Gasteiger partial charge in [-0.2, -0.15) is 0 Å². The largest absolute Gasteiger partial charge is 0.476 e. The van der Waals surface area contributed by atoms with Crippen LogP contribution in [-0.4, -0.2) is 26.1 Å². The SMILES string of the molecule is CCCCn1nnc(C(=O)O)c1C(C)C. The zero-order valence-corrected chi connectivity index (χ0v) is 9.40. The Kier molecular flexibility index (Phi) is 3.82. The maximum Gasteiger partial charge on any atom is 0.358 e. The maximum atomic E-state index is 10.9. The molecule has 84 valence electrons. The van der Waals surface area contributed by atoms with Crippen molar-refractivity contribution < 1.29 is 9.90 Å². The van der Waals surface area contributed by atoms with Crippen molar-refractivity contribution in [3.8, 4) is 0 Å². The van der Waals surface area contributed by atoms with Gasteiger partial charge in [-0.15, -0.1) is 5.10 Å². The first kappa shape index (κ1) is 11.7. The molecule has 1 aromatic heterocycles. The van der Waals surface area contributed by atoms with Crippen LogP contribution in [0.25, 0.3) is 0 Å². The van der Waals surface area contributed by atoms with Crippen molar-refractivity contribution in [1.82, 2.24) is 15.0 Å². The molecule has 1 N–H and O–H groups in total. The van der Waals surface area contributed by atoms with E-state index in [1.54, 1.807) is 4.68 Å². The molecule has 0 saturated heterocycles. The van der Waals surface area contributed by atoms with Crippen LogP contribution in [0, 0.1) is 0 Å². The zero-order valence-electron chi connectivity index (χ0n) is 9.40. The average Bonchev–Trinajstić information content (AvgIpc) is 2.58. The molecule has 0 saturated carbocycles. The molecule has 0 aliphatic carbocycles. The number of carboxylic acids is 1. The molecular weight excluding hydrogens is 194 g/mol. The van der Waals surface area contributed by atoms with E-state index in [4.69, 9.17) is 5.11 Å². The summed E-state index contributed by atoms with van der Waals surface area (Å²) >= 11 is 0. The van der Waals surface area contributed by atoms with Gasteiger partial charge in [-0.3, -0.25) is 0 Å². The van der Waals surface area contributed by atoms with Crippen LogP contribution < -0.4 is 0 Å². The molecular formula is C10H17N3O2. The first-order chi connectivity index (χ1) is 7.07. The Morgan fingerprint density at radius 1 is 1.53 bits per heavy atom. The molecule has 5 heteroatoms. The lowest BCUT2D eigenvalue weighted by atomic mass is 10.1. The Bertz CT molecular complexity index is 344. The van der Waals surface area contributed by atoms with Gasteiger partial charge in [0.1, 0.15) is 0 Å². The zero-order chi connectivity index (χ0) is 11.4. The van der Waals surface area contributed by atoms with E-state index in [9.17, 15) is 4.79 Å². The standard InChI is InChI=1S/C10H17N3O2/c1-4-5-6-13-9(7(2)3)8(10(14)15)11-12-13/h7H,4-6H2,1-3H3,(H,14,15). The summed E-state index contributed by atoms with van der Waals surface area (Å²) in [4.78, 5) is 10.9. The van der Waals surface area contributed by atoms with Crippen LogP contribution in [-0.2, 0) is 6.54 Å². The highest BCUT2D eigenvalue weighted by molar-refractivity contribution is 5.86. The minimum Gasteiger partial charge on any atom is -0.476 e. The molecule has 0 aliphatic rings. The normalized spacial score (nSPS) is 10.9. The highest BCUT2D eigenvalue weighted by Gasteiger charge is 2.20. The van der Waals surface area contributed by atoms with E-state index in [2.05, 4.69) is 17.2 Å². The maximum absolute atomic E-state index is 10.9. The van der Waals surface area contributed by atoms with Crippen molar-refractivity contribution in [2.24, 2.45) is 0 Å². The summed E-state index contributed by atoms with van der Waals surface area (Å²) in [5.74, 6) is -0.871. The second-order valence-electron chi connectivity index (χ2n) is 3.86. The Morgan fingerprint density at radius 3 is 2.67 bits per heavy atom. The van der Waals surface area contributed by atoms with Crippen molar-refractivity contribution in [2.45, 2.75) is 46.1 Å². The number of hydrogen-bond acceptors (Lipinski definition) is 3. The summed E-state index contributed by atoms with van der Waals surface area (Å²) in [6.07, 6.45) is 2.04. The van der Waals surface area contributed by atoms with Gasteiger partial charge in [-0.1, -0.05) is 32.4 Å². The third-order valence-corrected chi connectivity index (χ3v) is 2.25. The molecule has 0 amide bonds. The summed E-state index contributed by atoms with van der Waals surface area (Å²) in [7, 11) is 0. The van der Waals surface area contributed by atoms with E-state index in [0.29, 0.717) is 0 Å². The lowest BCUT2D eigenvalue weighted by Crippen LogP contribution is -2.10. The van der Waals surface area contributed by atoms with Crippen molar-refractivity contribution in [1.29, 1.82) is 0 Å². The average molecular weight is 211 g/mol. The molecule has 0 spiro atoms. The molecule has 0 radical (unpaired) electrons. The lowest BCUT2D eigenvalue weighted by Gasteiger charge is -2.08. The summed E-state index contributed by atoms with van der Waals surface area (Å²) in [5.41, 5.74) is 0.803. The molecule has 0 aromatic carbocycles. The van der Waals surface area contributed by atoms with E-state index >= 15 is 0 Å². The van der Waals surface area contributed by atoms with Gasteiger partial charge in [0, 0.05) is 6.54 Å². The van der Waals surface area contributed by atoms with E-state index in [-0.39, 0.29) is 11.6 Å².